The lowest BCUT2D eigenvalue weighted by Crippen LogP contribution is -2.06. The highest BCUT2D eigenvalue weighted by atomic mass is 32.2. The third-order valence-electron chi connectivity index (χ3n) is 2.72. The molecule has 5 nitrogen and oxygen atoms in total. The maximum atomic E-state index is 11.1. The topological polar surface area (TPSA) is 72.0 Å². The van der Waals surface area contributed by atoms with E-state index >= 15 is 0 Å². The Kier molecular flexibility index (Phi) is 4.67. The van der Waals surface area contributed by atoms with E-state index in [1.54, 1.807) is 0 Å². The molecule has 1 aromatic rings. The van der Waals surface area contributed by atoms with Crippen LogP contribution in [0, 0.1) is 0 Å². The summed E-state index contributed by atoms with van der Waals surface area (Å²) in [6, 6.07) is 1.89. The van der Waals surface area contributed by atoms with Crippen molar-refractivity contribution >= 4 is 27.4 Å². The van der Waals surface area contributed by atoms with E-state index in [9.17, 15) is 8.42 Å². The zero-order valence-electron chi connectivity index (χ0n) is 11.2. The SMILES string of the molecule is CCNc1cc(SCCS(C)(=O)=O)nc(C2CC2)n1. The second-order valence-corrected chi connectivity index (χ2v) is 8.11. The normalized spacial score (nSPS) is 15.5. The van der Waals surface area contributed by atoms with Crippen molar-refractivity contribution in [3.05, 3.63) is 11.9 Å². The van der Waals surface area contributed by atoms with Crippen molar-refractivity contribution in [2.75, 3.05) is 29.6 Å². The van der Waals surface area contributed by atoms with Gasteiger partial charge in [-0.15, -0.1) is 11.8 Å². The lowest BCUT2D eigenvalue weighted by molar-refractivity contribution is 0.603. The van der Waals surface area contributed by atoms with Crippen LogP contribution in [0.25, 0.3) is 0 Å². The van der Waals surface area contributed by atoms with Gasteiger partial charge in [0.2, 0.25) is 0 Å². The Balaban J connectivity index is 2.05. The summed E-state index contributed by atoms with van der Waals surface area (Å²) in [5.74, 6) is 2.93. The molecule has 1 N–H and O–H groups in total. The van der Waals surface area contributed by atoms with Gasteiger partial charge in [-0.3, -0.25) is 0 Å². The molecular formula is C12H19N3O2S2. The highest BCUT2D eigenvalue weighted by molar-refractivity contribution is 8.00. The Morgan fingerprint density at radius 2 is 2.16 bits per heavy atom. The van der Waals surface area contributed by atoms with Crippen LogP contribution < -0.4 is 5.32 Å². The smallest absolute Gasteiger partial charge is 0.148 e. The van der Waals surface area contributed by atoms with Crippen molar-refractivity contribution in [3.63, 3.8) is 0 Å². The molecule has 1 fully saturated rings. The molecule has 106 valence electrons. The number of anilines is 1. The van der Waals surface area contributed by atoms with Gasteiger partial charge >= 0.3 is 0 Å². The minimum atomic E-state index is -2.91. The van der Waals surface area contributed by atoms with Crippen LogP contribution in [0.4, 0.5) is 5.82 Å². The maximum Gasteiger partial charge on any atom is 0.148 e. The molecule has 0 bridgehead atoms. The van der Waals surface area contributed by atoms with Gasteiger partial charge in [0.1, 0.15) is 26.5 Å². The molecular weight excluding hydrogens is 282 g/mol. The van der Waals surface area contributed by atoms with E-state index in [1.807, 2.05) is 13.0 Å². The standard InChI is InChI=1S/C12H19N3O2S2/c1-3-13-10-8-11(18-6-7-19(2,16)17)15-12(14-10)9-4-5-9/h8-9H,3-7H2,1-2H3,(H,13,14,15). The lowest BCUT2D eigenvalue weighted by atomic mass is 10.4. The van der Waals surface area contributed by atoms with Crippen LogP contribution in [0.3, 0.4) is 0 Å². The molecule has 1 aliphatic rings. The number of nitrogens with one attached hydrogen (secondary N) is 1. The first kappa shape index (κ1) is 14.6. The second kappa shape index (κ2) is 6.09. The van der Waals surface area contributed by atoms with Crippen LogP contribution in [0.2, 0.25) is 0 Å². The average molecular weight is 301 g/mol. The number of thioether (sulfide) groups is 1. The molecule has 0 aliphatic heterocycles. The first-order valence-electron chi connectivity index (χ1n) is 6.41. The fourth-order valence-electron chi connectivity index (χ4n) is 1.61. The molecule has 0 spiro atoms. The summed E-state index contributed by atoms with van der Waals surface area (Å²) in [6.45, 7) is 2.84. The average Bonchev–Trinajstić information content (AvgIpc) is 3.11. The Labute approximate surface area is 118 Å². The predicted octanol–water partition coefficient (Wildman–Crippen LogP) is 1.92. The number of hydrogen-bond donors (Lipinski definition) is 1. The number of aromatic nitrogens is 2. The van der Waals surface area contributed by atoms with Gasteiger partial charge in [-0.2, -0.15) is 0 Å². The molecule has 1 aromatic heterocycles. The van der Waals surface area contributed by atoms with Gasteiger partial charge in [-0.1, -0.05) is 0 Å². The van der Waals surface area contributed by atoms with Crippen LogP contribution in [0.15, 0.2) is 11.1 Å². The quantitative estimate of drug-likeness (QED) is 0.613. The van der Waals surface area contributed by atoms with E-state index in [-0.39, 0.29) is 5.75 Å². The van der Waals surface area contributed by atoms with Crippen molar-refractivity contribution in [2.24, 2.45) is 0 Å². The van der Waals surface area contributed by atoms with Crippen molar-refractivity contribution in [3.8, 4) is 0 Å². The van der Waals surface area contributed by atoms with E-state index in [0.29, 0.717) is 11.7 Å². The molecule has 2 rings (SSSR count). The van der Waals surface area contributed by atoms with Gasteiger partial charge in [-0.25, -0.2) is 18.4 Å². The van der Waals surface area contributed by atoms with Crippen LogP contribution in [-0.2, 0) is 9.84 Å². The van der Waals surface area contributed by atoms with E-state index in [4.69, 9.17) is 0 Å². The molecule has 0 atom stereocenters. The third kappa shape index (κ3) is 4.99. The third-order valence-corrected chi connectivity index (χ3v) is 4.84. The first-order chi connectivity index (χ1) is 8.98. The first-order valence-corrected chi connectivity index (χ1v) is 9.46. The van der Waals surface area contributed by atoms with Crippen molar-refractivity contribution in [2.45, 2.75) is 30.7 Å². The van der Waals surface area contributed by atoms with Crippen LogP contribution >= 0.6 is 11.8 Å². The molecule has 0 radical (unpaired) electrons. The summed E-state index contributed by atoms with van der Waals surface area (Å²) in [6.07, 6.45) is 3.57. The largest absolute Gasteiger partial charge is 0.370 e. The number of hydrogen-bond acceptors (Lipinski definition) is 6. The molecule has 1 saturated carbocycles. The highest BCUT2D eigenvalue weighted by Crippen LogP contribution is 2.39. The summed E-state index contributed by atoms with van der Waals surface area (Å²) in [7, 11) is -2.91. The summed E-state index contributed by atoms with van der Waals surface area (Å²) >= 11 is 1.48. The minimum absolute atomic E-state index is 0.178. The summed E-state index contributed by atoms with van der Waals surface area (Å²) < 4.78 is 22.2. The van der Waals surface area contributed by atoms with Crippen molar-refractivity contribution in [1.82, 2.24) is 9.97 Å². The molecule has 1 aliphatic carbocycles. The van der Waals surface area contributed by atoms with Gasteiger partial charge in [0.15, 0.2) is 0 Å². The van der Waals surface area contributed by atoms with Gasteiger partial charge in [0.25, 0.3) is 0 Å². The second-order valence-electron chi connectivity index (χ2n) is 4.73. The van der Waals surface area contributed by atoms with E-state index in [0.717, 1.165) is 36.1 Å². The Morgan fingerprint density at radius 1 is 1.42 bits per heavy atom. The van der Waals surface area contributed by atoms with E-state index in [1.165, 1.54) is 18.0 Å². The maximum absolute atomic E-state index is 11.1. The minimum Gasteiger partial charge on any atom is -0.370 e. The molecule has 0 amide bonds. The van der Waals surface area contributed by atoms with Crippen LogP contribution in [-0.4, -0.2) is 42.7 Å². The molecule has 0 aromatic carbocycles. The fraction of sp³-hybridized carbons (Fsp3) is 0.667. The van der Waals surface area contributed by atoms with Gasteiger partial charge < -0.3 is 5.32 Å². The van der Waals surface area contributed by atoms with Crippen LogP contribution in [0.5, 0.6) is 0 Å². The molecule has 0 unspecified atom stereocenters. The number of sulfone groups is 1. The lowest BCUT2D eigenvalue weighted by Gasteiger charge is -2.08. The molecule has 0 saturated heterocycles. The summed E-state index contributed by atoms with van der Waals surface area (Å²) in [5, 5.41) is 4.05. The summed E-state index contributed by atoms with van der Waals surface area (Å²) in [4.78, 5) is 9.00. The number of nitrogens with zero attached hydrogens (tertiary/aromatic N) is 2. The van der Waals surface area contributed by atoms with Gasteiger partial charge in [0, 0.05) is 30.5 Å². The van der Waals surface area contributed by atoms with Gasteiger partial charge in [-0.05, 0) is 19.8 Å². The van der Waals surface area contributed by atoms with E-state index < -0.39 is 9.84 Å². The van der Waals surface area contributed by atoms with Crippen molar-refractivity contribution < 1.29 is 8.42 Å². The monoisotopic (exact) mass is 301 g/mol. The predicted molar refractivity (Wildman–Crippen MR) is 78.6 cm³/mol. The Morgan fingerprint density at radius 3 is 2.74 bits per heavy atom. The van der Waals surface area contributed by atoms with Gasteiger partial charge in [0.05, 0.1) is 5.75 Å². The number of rotatable bonds is 7. The zero-order chi connectivity index (χ0) is 13.9. The van der Waals surface area contributed by atoms with E-state index in [2.05, 4.69) is 15.3 Å². The molecule has 19 heavy (non-hydrogen) atoms. The Hall–Kier alpha value is -0.820. The van der Waals surface area contributed by atoms with Crippen molar-refractivity contribution in [1.29, 1.82) is 0 Å². The molecule has 1 heterocycles. The Bertz CT molecular complexity index is 542. The van der Waals surface area contributed by atoms with Crippen LogP contribution in [0.1, 0.15) is 31.5 Å². The highest BCUT2D eigenvalue weighted by Gasteiger charge is 2.27. The molecule has 7 heteroatoms. The fourth-order valence-corrected chi connectivity index (χ4v) is 3.72. The summed E-state index contributed by atoms with van der Waals surface area (Å²) in [5.41, 5.74) is 0. The zero-order valence-corrected chi connectivity index (χ0v) is 12.9.